The van der Waals surface area contributed by atoms with Crippen molar-refractivity contribution in [2.45, 2.75) is 40.5 Å². The van der Waals surface area contributed by atoms with Gasteiger partial charge in [-0.1, -0.05) is 25.9 Å². The number of nitrogens with zero attached hydrogens (tertiary/aromatic N) is 1. The molecule has 0 saturated heterocycles. The number of hydrogen-bond donors (Lipinski definition) is 1. The fourth-order valence-corrected chi connectivity index (χ4v) is 1.38. The van der Waals surface area contributed by atoms with Gasteiger partial charge in [0, 0.05) is 12.6 Å². The van der Waals surface area contributed by atoms with Crippen LogP contribution in [0.1, 0.15) is 49.9 Å². The Kier molecular flexibility index (Phi) is 4.10. The molecular formula is C12H20N2O2. The third-order valence-corrected chi connectivity index (χ3v) is 2.24. The van der Waals surface area contributed by atoms with Crippen molar-refractivity contribution in [1.29, 1.82) is 0 Å². The molecule has 1 rings (SSSR count). The van der Waals surface area contributed by atoms with Crippen LogP contribution in [0.15, 0.2) is 10.6 Å². The van der Waals surface area contributed by atoms with E-state index < -0.39 is 0 Å². The maximum Gasteiger partial charge on any atom is 0.289 e. The quantitative estimate of drug-likeness (QED) is 0.799. The van der Waals surface area contributed by atoms with Crippen LogP contribution in [0.25, 0.3) is 0 Å². The molecule has 0 fully saturated rings. The Morgan fingerprint density at radius 1 is 1.50 bits per heavy atom. The minimum absolute atomic E-state index is 0.186. The van der Waals surface area contributed by atoms with E-state index >= 15 is 0 Å². The summed E-state index contributed by atoms with van der Waals surface area (Å²) in [7, 11) is 0. The molecule has 1 aromatic heterocycles. The average molecular weight is 224 g/mol. The number of hydrogen-bond acceptors (Lipinski definition) is 3. The van der Waals surface area contributed by atoms with E-state index in [1.807, 2.05) is 0 Å². The van der Waals surface area contributed by atoms with E-state index in [4.69, 9.17) is 4.52 Å². The van der Waals surface area contributed by atoms with Gasteiger partial charge in [0.25, 0.3) is 5.91 Å². The van der Waals surface area contributed by atoms with E-state index in [9.17, 15) is 4.79 Å². The molecule has 0 atom stereocenters. The van der Waals surface area contributed by atoms with Crippen LogP contribution in [-0.4, -0.2) is 17.6 Å². The Bertz CT molecular complexity index is 350. The summed E-state index contributed by atoms with van der Waals surface area (Å²) in [5.41, 5.74) is 1.04. The highest BCUT2D eigenvalue weighted by molar-refractivity contribution is 5.91. The van der Waals surface area contributed by atoms with Gasteiger partial charge in [-0.3, -0.25) is 4.79 Å². The van der Waals surface area contributed by atoms with Crippen molar-refractivity contribution in [2.24, 2.45) is 5.41 Å². The highest BCUT2D eigenvalue weighted by Crippen LogP contribution is 2.19. The second-order valence-electron chi connectivity index (χ2n) is 5.25. The summed E-state index contributed by atoms with van der Waals surface area (Å²) in [6.45, 7) is 9.04. The lowest BCUT2D eigenvalue weighted by atomic mass is 9.91. The monoisotopic (exact) mass is 224 g/mol. The maximum atomic E-state index is 11.5. The number of rotatable bonds is 4. The molecule has 1 heterocycles. The van der Waals surface area contributed by atoms with E-state index in [0.717, 1.165) is 18.5 Å². The summed E-state index contributed by atoms with van der Waals surface area (Å²) in [5, 5.41) is 6.48. The highest BCUT2D eigenvalue weighted by atomic mass is 16.5. The van der Waals surface area contributed by atoms with Gasteiger partial charge in [0.1, 0.15) is 0 Å². The van der Waals surface area contributed by atoms with Gasteiger partial charge in [-0.05, 0) is 25.2 Å². The summed E-state index contributed by atoms with van der Waals surface area (Å²) in [6, 6.07) is 1.64. The van der Waals surface area contributed by atoms with Crippen molar-refractivity contribution in [3.63, 3.8) is 0 Å². The number of nitrogens with one attached hydrogen (secondary N) is 1. The van der Waals surface area contributed by atoms with Crippen LogP contribution in [0, 0.1) is 12.3 Å². The fourth-order valence-electron chi connectivity index (χ4n) is 1.38. The molecule has 1 N–H and O–H groups in total. The smallest absolute Gasteiger partial charge is 0.289 e. The molecule has 0 aliphatic rings. The van der Waals surface area contributed by atoms with Crippen molar-refractivity contribution in [1.82, 2.24) is 10.5 Å². The zero-order valence-electron chi connectivity index (χ0n) is 10.5. The molecule has 4 nitrogen and oxygen atoms in total. The van der Waals surface area contributed by atoms with Crippen LogP contribution >= 0.6 is 0 Å². The predicted octanol–water partition coefficient (Wildman–Crippen LogP) is 2.54. The van der Waals surface area contributed by atoms with Crippen LogP contribution in [0.3, 0.4) is 0 Å². The van der Waals surface area contributed by atoms with Gasteiger partial charge in [-0.15, -0.1) is 0 Å². The van der Waals surface area contributed by atoms with Crippen molar-refractivity contribution < 1.29 is 9.32 Å². The third kappa shape index (κ3) is 4.47. The zero-order chi connectivity index (χ0) is 12.2. The SMILES string of the molecule is Cc1cc(C(=O)NCCCC(C)(C)C)on1. The number of carbonyl (C=O) groups is 1. The molecule has 0 saturated carbocycles. The van der Waals surface area contributed by atoms with E-state index in [2.05, 4.69) is 31.2 Å². The lowest BCUT2D eigenvalue weighted by Gasteiger charge is -2.17. The first-order valence-corrected chi connectivity index (χ1v) is 5.60. The Morgan fingerprint density at radius 2 is 2.19 bits per heavy atom. The molecule has 0 radical (unpaired) electrons. The molecule has 0 spiro atoms. The first kappa shape index (κ1) is 12.7. The summed E-state index contributed by atoms with van der Waals surface area (Å²) in [5.74, 6) is 0.0998. The fraction of sp³-hybridized carbons (Fsp3) is 0.667. The molecule has 0 aliphatic carbocycles. The Hall–Kier alpha value is -1.32. The van der Waals surface area contributed by atoms with Crippen molar-refractivity contribution in [3.05, 3.63) is 17.5 Å². The minimum Gasteiger partial charge on any atom is -0.351 e. The van der Waals surface area contributed by atoms with Crippen LogP contribution in [0.5, 0.6) is 0 Å². The zero-order valence-corrected chi connectivity index (χ0v) is 10.5. The Morgan fingerprint density at radius 3 is 2.69 bits per heavy atom. The van der Waals surface area contributed by atoms with Gasteiger partial charge in [-0.2, -0.15) is 0 Å². The standard InChI is InChI=1S/C12H20N2O2/c1-9-8-10(16-14-9)11(15)13-7-5-6-12(2,3)4/h8H,5-7H2,1-4H3,(H,13,15). The first-order valence-electron chi connectivity index (χ1n) is 5.60. The van der Waals surface area contributed by atoms with Crippen LogP contribution in [0.2, 0.25) is 0 Å². The maximum absolute atomic E-state index is 11.5. The third-order valence-electron chi connectivity index (χ3n) is 2.24. The molecule has 0 aliphatic heterocycles. The summed E-state index contributed by atoms with van der Waals surface area (Å²) >= 11 is 0. The minimum atomic E-state index is -0.186. The van der Waals surface area contributed by atoms with Gasteiger partial charge in [0.15, 0.2) is 0 Å². The molecule has 1 amide bonds. The number of aromatic nitrogens is 1. The van der Waals surface area contributed by atoms with Crippen molar-refractivity contribution in [2.75, 3.05) is 6.54 Å². The lowest BCUT2D eigenvalue weighted by Crippen LogP contribution is -2.24. The second-order valence-corrected chi connectivity index (χ2v) is 5.25. The number of aryl methyl sites for hydroxylation is 1. The molecule has 90 valence electrons. The molecular weight excluding hydrogens is 204 g/mol. The molecule has 0 unspecified atom stereocenters. The van der Waals surface area contributed by atoms with Gasteiger partial charge >= 0.3 is 0 Å². The Balaban J connectivity index is 2.26. The first-order chi connectivity index (χ1) is 7.38. The summed E-state index contributed by atoms with van der Waals surface area (Å²) < 4.78 is 4.86. The number of carbonyl (C=O) groups excluding carboxylic acids is 1. The Labute approximate surface area is 96.4 Å². The topological polar surface area (TPSA) is 55.1 Å². The summed E-state index contributed by atoms with van der Waals surface area (Å²) in [4.78, 5) is 11.5. The van der Waals surface area contributed by atoms with Gasteiger partial charge < -0.3 is 9.84 Å². The molecule has 0 bridgehead atoms. The molecule has 1 aromatic rings. The highest BCUT2D eigenvalue weighted by Gasteiger charge is 2.12. The largest absolute Gasteiger partial charge is 0.351 e. The van der Waals surface area contributed by atoms with Crippen molar-refractivity contribution >= 4 is 5.91 Å². The van der Waals surface area contributed by atoms with Gasteiger partial charge in [0.05, 0.1) is 5.69 Å². The van der Waals surface area contributed by atoms with E-state index in [0.29, 0.717) is 12.0 Å². The van der Waals surface area contributed by atoms with Gasteiger partial charge in [0.2, 0.25) is 5.76 Å². The average Bonchev–Trinajstić information content (AvgIpc) is 2.57. The van der Waals surface area contributed by atoms with E-state index in [1.165, 1.54) is 0 Å². The van der Waals surface area contributed by atoms with Crippen LogP contribution in [0.4, 0.5) is 0 Å². The molecule has 4 heteroatoms. The summed E-state index contributed by atoms with van der Waals surface area (Å²) in [6.07, 6.45) is 2.06. The van der Waals surface area contributed by atoms with E-state index in [-0.39, 0.29) is 11.7 Å². The normalized spacial score (nSPS) is 11.5. The van der Waals surface area contributed by atoms with Crippen molar-refractivity contribution in [3.8, 4) is 0 Å². The predicted molar refractivity (Wildman–Crippen MR) is 62.3 cm³/mol. The second kappa shape index (κ2) is 5.14. The molecule has 0 aromatic carbocycles. The van der Waals surface area contributed by atoms with Crippen LogP contribution < -0.4 is 5.32 Å². The van der Waals surface area contributed by atoms with E-state index in [1.54, 1.807) is 13.0 Å². The van der Waals surface area contributed by atoms with Gasteiger partial charge in [-0.25, -0.2) is 0 Å². The van der Waals surface area contributed by atoms with Crippen LogP contribution in [-0.2, 0) is 0 Å². The number of amides is 1. The molecule has 16 heavy (non-hydrogen) atoms. The lowest BCUT2D eigenvalue weighted by molar-refractivity contribution is 0.0914.